The van der Waals surface area contributed by atoms with Gasteiger partial charge in [0.2, 0.25) is 0 Å². The maximum absolute atomic E-state index is 3.24. The van der Waals surface area contributed by atoms with Crippen LogP contribution in [-0.4, -0.2) is 0 Å². The summed E-state index contributed by atoms with van der Waals surface area (Å²) in [6.45, 7) is 2.18. The molecule has 0 bridgehead atoms. The minimum atomic E-state index is 0.497. The third kappa shape index (κ3) is 2.45. The second-order valence-electron chi connectivity index (χ2n) is 2.48. The molecule has 0 aliphatic carbocycles. The van der Waals surface area contributed by atoms with Crippen LogP contribution >= 0.6 is 22.9 Å². The summed E-state index contributed by atoms with van der Waals surface area (Å²) in [6.07, 6.45) is 1.13. The number of hydrogen-bond acceptors (Lipinski definition) is 1. The zero-order valence-electron chi connectivity index (χ0n) is 6.55. The van der Waals surface area contributed by atoms with E-state index in [1.807, 2.05) is 6.07 Å². The molecule has 1 nitrogen and oxygen atoms in total. The average Bonchev–Trinajstić information content (AvgIpc) is 2.09. The summed E-state index contributed by atoms with van der Waals surface area (Å²) in [5, 5.41) is 0. The van der Waals surface area contributed by atoms with Crippen LogP contribution in [0, 0.1) is 0 Å². The molecule has 1 rings (SSSR count). The Morgan fingerprint density at radius 2 is 2.00 bits per heavy atom. The van der Waals surface area contributed by atoms with E-state index in [1.54, 1.807) is 0 Å². The first-order chi connectivity index (χ1) is 5.38. The van der Waals surface area contributed by atoms with Crippen LogP contribution in [0.1, 0.15) is 24.9 Å². The third-order valence-electron chi connectivity index (χ3n) is 1.74. The molecular weight excluding hydrogens is 249 g/mol. The van der Waals surface area contributed by atoms with Gasteiger partial charge in [0.05, 0.1) is 0 Å². The molecule has 1 atom stereocenters. The molecule has 0 spiro atoms. The van der Waals surface area contributed by atoms with Gasteiger partial charge in [-0.25, -0.2) is 0 Å². The molecule has 2 heteroatoms. The molecule has 1 aromatic carbocycles. The lowest BCUT2D eigenvalue weighted by atomic mass is 10.1. The molecule has 0 aromatic heterocycles. The lowest BCUT2D eigenvalue weighted by Crippen LogP contribution is -2.08. The van der Waals surface area contributed by atoms with E-state index in [0.717, 1.165) is 6.42 Å². The highest BCUT2D eigenvalue weighted by Gasteiger charge is 2.04. The minimum Gasteiger partial charge on any atom is -0.254 e. The van der Waals surface area contributed by atoms with Crippen molar-refractivity contribution in [3.8, 4) is 0 Å². The Bertz CT molecular complexity index is 194. The molecule has 11 heavy (non-hydrogen) atoms. The van der Waals surface area contributed by atoms with Crippen LogP contribution in [0.5, 0.6) is 0 Å². The topological polar surface area (TPSA) is 12.0 Å². The second-order valence-corrected chi connectivity index (χ2v) is 3.10. The average molecular weight is 261 g/mol. The van der Waals surface area contributed by atoms with Gasteiger partial charge in [0.1, 0.15) is 0 Å². The van der Waals surface area contributed by atoms with E-state index in [9.17, 15) is 0 Å². The first-order valence-corrected chi connectivity index (χ1v) is 4.87. The predicted octanol–water partition coefficient (Wildman–Crippen LogP) is 3.08. The first-order valence-electron chi connectivity index (χ1n) is 3.79. The molecule has 0 saturated heterocycles. The van der Waals surface area contributed by atoms with E-state index in [0.29, 0.717) is 6.04 Å². The van der Waals surface area contributed by atoms with Gasteiger partial charge in [-0.3, -0.25) is 3.53 Å². The number of halogens is 1. The Balaban J connectivity index is 2.74. The van der Waals surface area contributed by atoms with Crippen molar-refractivity contribution in [1.29, 1.82) is 0 Å². The van der Waals surface area contributed by atoms with Gasteiger partial charge in [-0.15, -0.1) is 0 Å². The molecule has 0 fully saturated rings. The zero-order valence-corrected chi connectivity index (χ0v) is 8.71. The van der Waals surface area contributed by atoms with Crippen molar-refractivity contribution in [2.75, 3.05) is 0 Å². The van der Waals surface area contributed by atoms with Crippen molar-refractivity contribution in [3.63, 3.8) is 0 Å². The van der Waals surface area contributed by atoms with Crippen LogP contribution in [0.2, 0.25) is 0 Å². The van der Waals surface area contributed by atoms with E-state index in [-0.39, 0.29) is 0 Å². The molecule has 0 amide bonds. The van der Waals surface area contributed by atoms with Crippen molar-refractivity contribution in [1.82, 2.24) is 3.53 Å². The molecule has 0 saturated carbocycles. The van der Waals surface area contributed by atoms with Crippen LogP contribution in [0.15, 0.2) is 30.3 Å². The van der Waals surface area contributed by atoms with E-state index >= 15 is 0 Å². The normalized spacial score (nSPS) is 12.9. The van der Waals surface area contributed by atoms with E-state index < -0.39 is 0 Å². The molecule has 0 aliphatic heterocycles. The zero-order chi connectivity index (χ0) is 8.10. The Hall–Kier alpha value is -0.0900. The first kappa shape index (κ1) is 9.00. The van der Waals surface area contributed by atoms with E-state index in [4.69, 9.17) is 0 Å². The van der Waals surface area contributed by atoms with Crippen LogP contribution in [0.4, 0.5) is 0 Å². The molecule has 0 heterocycles. The molecule has 1 N–H and O–H groups in total. The number of nitrogens with one attached hydrogen (secondary N) is 1. The van der Waals surface area contributed by atoms with Gasteiger partial charge in [-0.1, -0.05) is 37.3 Å². The summed E-state index contributed by atoms with van der Waals surface area (Å²) in [4.78, 5) is 0. The van der Waals surface area contributed by atoms with Gasteiger partial charge < -0.3 is 0 Å². The fourth-order valence-corrected chi connectivity index (χ4v) is 1.86. The van der Waals surface area contributed by atoms with Crippen molar-refractivity contribution in [2.24, 2.45) is 0 Å². The minimum absolute atomic E-state index is 0.497. The van der Waals surface area contributed by atoms with Gasteiger partial charge in [0.25, 0.3) is 0 Å². The molecule has 60 valence electrons. The molecule has 1 aromatic rings. The predicted molar refractivity (Wildman–Crippen MR) is 56.6 cm³/mol. The maximum Gasteiger partial charge on any atom is 0.0410 e. The summed E-state index contributed by atoms with van der Waals surface area (Å²) < 4.78 is 3.24. The Morgan fingerprint density at radius 3 is 2.45 bits per heavy atom. The van der Waals surface area contributed by atoms with Crippen LogP contribution in [0.25, 0.3) is 0 Å². The highest BCUT2D eigenvalue weighted by atomic mass is 127. The Morgan fingerprint density at radius 1 is 1.36 bits per heavy atom. The summed E-state index contributed by atoms with van der Waals surface area (Å²) in [7, 11) is 0. The van der Waals surface area contributed by atoms with E-state index in [1.165, 1.54) is 5.56 Å². The largest absolute Gasteiger partial charge is 0.254 e. The standard InChI is InChI=1S/C9H12IN/c1-2-9(11-10)8-6-4-3-5-7-8/h3-7,9,11H,2H2,1H3/t9-/m1/s1. The van der Waals surface area contributed by atoms with Crippen LogP contribution < -0.4 is 3.53 Å². The van der Waals surface area contributed by atoms with E-state index in [2.05, 4.69) is 57.6 Å². The fraction of sp³-hybridized carbons (Fsp3) is 0.333. The quantitative estimate of drug-likeness (QED) is 0.651. The van der Waals surface area contributed by atoms with Crippen molar-refractivity contribution in [2.45, 2.75) is 19.4 Å². The highest BCUT2D eigenvalue weighted by molar-refractivity contribution is 14.1. The monoisotopic (exact) mass is 261 g/mol. The van der Waals surface area contributed by atoms with Gasteiger partial charge in [-0.05, 0) is 12.0 Å². The molecule has 0 aliphatic rings. The maximum atomic E-state index is 3.24. The van der Waals surface area contributed by atoms with Gasteiger partial charge >= 0.3 is 0 Å². The third-order valence-corrected chi connectivity index (χ3v) is 2.49. The van der Waals surface area contributed by atoms with Gasteiger partial charge in [0, 0.05) is 28.9 Å². The lowest BCUT2D eigenvalue weighted by molar-refractivity contribution is 0.669. The lowest BCUT2D eigenvalue weighted by Gasteiger charge is -2.11. The SMILES string of the molecule is CC[C@@H](NI)c1ccccc1. The van der Waals surface area contributed by atoms with Gasteiger partial charge in [-0.2, -0.15) is 0 Å². The smallest absolute Gasteiger partial charge is 0.0410 e. The second kappa shape index (κ2) is 4.72. The van der Waals surface area contributed by atoms with Crippen molar-refractivity contribution in [3.05, 3.63) is 35.9 Å². The summed E-state index contributed by atoms with van der Waals surface area (Å²) in [5.41, 5.74) is 1.37. The van der Waals surface area contributed by atoms with Crippen molar-refractivity contribution >= 4 is 22.9 Å². The number of rotatable bonds is 3. The Kier molecular flexibility index (Phi) is 3.86. The molecule has 0 radical (unpaired) electrons. The highest BCUT2D eigenvalue weighted by Crippen LogP contribution is 2.16. The molecule has 0 unspecified atom stereocenters. The summed E-state index contributed by atoms with van der Waals surface area (Å²) in [6, 6.07) is 11.0. The summed E-state index contributed by atoms with van der Waals surface area (Å²) >= 11 is 2.20. The number of hydrogen-bond donors (Lipinski definition) is 1. The van der Waals surface area contributed by atoms with Crippen LogP contribution in [-0.2, 0) is 0 Å². The fourth-order valence-electron chi connectivity index (χ4n) is 1.06. The van der Waals surface area contributed by atoms with Crippen molar-refractivity contribution < 1.29 is 0 Å². The van der Waals surface area contributed by atoms with Gasteiger partial charge in [0.15, 0.2) is 0 Å². The van der Waals surface area contributed by atoms with Crippen LogP contribution in [0.3, 0.4) is 0 Å². The summed E-state index contributed by atoms with van der Waals surface area (Å²) in [5.74, 6) is 0. The Labute approximate surface area is 81.7 Å². The molecular formula is C9H12IN. The number of benzene rings is 1.